The summed E-state index contributed by atoms with van der Waals surface area (Å²) in [5, 5.41) is 4.47. The van der Waals surface area contributed by atoms with Crippen LogP contribution in [0.2, 0.25) is 0 Å². The van der Waals surface area contributed by atoms with Crippen molar-refractivity contribution in [3.05, 3.63) is 188 Å². The minimum atomic E-state index is 0.591. The lowest BCUT2D eigenvalue weighted by atomic mass is 9.94. The summed E-state index contributed by atoms with van der Waals surface area (Å²) < 4.78 is 9.16. The molecule has 0 N–H and O–H groups in total. The molecular formula is C51H31N3OS. The van der Waals surface area contributed by atoms with Gasteiger partial charge in [0.25, 0.3) is 0 Å². The van der Waals surface area contributed by atoms with Crippen LogP contribution < -0.4 is 0 Å². The summed E-state index contributed by atoms with van der Waals surface area (Å²) in [6.07, 6.45) is 0. The second-order valence-corrected chi connectivity index (χ2v) is 15.0. The Morgan fingerprint density at radius 3 is 1.64 bits per heavy atom. The Morgan fingerprint density at radius 1 is 0.339 bits per heavy atom. The molecule has 0 aliphatic rings. The van der Waals surface area contributed by atoms with E-state index in [2.05, 4.69) is 140 Å². The van der Waals surface area contributed by atoms with Crippen LogP contribution in [0.3, 0.4) is 0 Å². The third-order valence-electron chi connectivity index (χ3n) is 10.6. The molecule has 0 saturated carbocycles. The number of furan rings is 1. The smallest absolute Gasteiger partial charge is 0.164 e. The van der Waals surface area contributed by atoms with Crippen LogP contribution in [-0.2, 0) is 0 Å². The fourth-order valence-corrected chi connectivity index (χ4v) is 9.17. The maximum absolute atomic E-state index is 6.65. The fourth-order valence-electron chi connectivity index (χ4n) is 7.90. The largest absolute Gasteiger partial charge is 0.456 e. The number of aromatic nitrogens is 3. The fraction of sp³-hybridized carbons (Fsp3) is 0. The summed E-state index contributed by atoms with van der Waals surface area (Å²) in [5.74, 6) is 1.82. The zero-order valence-electron chi connectivity index (χ0n) is 30.1. The summed E-state index contributed by atoms with van der Waals surface area (Å²) >= 11 is 1.84. The summed E-state index contributed by atoms with van der Waals surface area (Å²) in [6, 6.07) is 65.6. The highest BCUT2D eigenvalue weighted by Gasteiger charge is 2.21. The lowest BCUT2D eigenvalue weighted by molar-refractivity contribution is 0.669. The lowest BCUT2D eigenvalue weighted by Crippen LogP contribution is -2.00. The first-order valence-electron chi connectivity index (χ1n) is 18.7. The highest BCUT2D eigenvalue weighted by atomic mass is 32.1. The minimum absolute atomic E-state index is 0.591. The standard InChI is InChI=1S/C51H31N3OS/c1-4-14-32(15-5-1)33-26-28-36(29-27-33)50-52-49(35-18-8-3-9-19-35)53-51(54-50)42-30-37(31-44-46(42)40-20-10-11-24-43(40)55-44)38-21-13-25-45-47(38)41-23-12-22-39(48(41)56-45)34-16-6-2-7-17-34/h1-31H. The second-order valence-electron chi connectivity index (χ2n) is 13.9. The Labute approximate surface area is 327 Å². The van der Waals surface area contributed by atoms with Crippen LogP contribution in [0.5, 0.6) is 0 Å². The lowest BCUT2D eigenvalue weighted by Gasteiger charge is -2.12. The van der Waals surface area contributed by atoms with Gasteiger partial charge in [-0.15, -0.1) is 11.3 Å². The number of benzene rings is 8. The van der Waals surface area contributed by atoms with Crippen molar-refractivity contribution in [2.45, 2.75) is 0 Å². The normalized spacial score (nSPS) is 11.6. The Morgan fingerprint density at radius 2 is 0.893 bits per heavy atom. The van der Waals surface area contributed by atoms with E-state index in [9.17, 15) is 0 Å². The summed E-state index contributed by atoms with van der Waals surface area (Å²) in [5.41, 5.74) is 11.3. The maximum Gasteiger partial charge on any atom is 0.164 e. The topological polar surface area (TPSA) is 51.8 Å². The van der Waals surface area contributed by atoms with E-state index in [1.807, 2.05) is 59.9 Å². The van der Waals surface area contributed by atoms with Crippen LogP contribution >= 0.6 is 11.3 Å². The van der Waals surface area contributed by atoms with Gasteiger partial charge in [0.15, 0.2) is 17.5 Å². The molecule has 8 aromatic carbocycles. The van der Waals surface area contributed by atoms with Gasteiger partial charge in [-0.2, -0.15) is 0 Å². The van der Waals surface area contributed by atoms with Crippen molar-refractivity contribution in [1.29, 1.82) is 0 Å². The molecule has 11 aromatic rings. The quantitative estimate of drug-likeness (QED) is 0.171. The molecule has 262 valence electrons. The van der Waals surface area contributed by atoms with E-state index in [0.29, 0.717) is 17.5 Å². The van der Waals surface area contributed by atoms with E-state index < -0.39 is 0 Å². The van der Waals surface area contributed by atoms with E-state index in [1.54, 1.807) is 0 Å². The van der Waals surface area contributed by atoms with E-state index >= 15 is 0 Å². The van der Waals surface area contributed by atoms with Crippen LogP contribution in [0.1, 0.15) is 0 Å². The molecule has 56 heavy (non-hydrogen) atoms. The molecule has 0 spiro atoms. The molecule has 0 amide bonds. The molecule has 0 aliphatic carbocycles. The number of para-hydroxylation sites is 1. The van der Waals surface area contributed by atoms with Crippen molar-refractivity contribution in [2.24, 2.45) is 0 Å². The third kappa shape index (κ3) is 5.48. The molecule has 5 heteroatoms. The molecule has 0 bridgehead atoms. The molecule has 0 radical (unpaired) electrons. The van der Waals surface area contributed by atoms with Gasteiger partial charge in [0.1, 0.15) is 11.2 Å². The molecule has 3 heterocycles. The van der Waals surface area contributed by atoms with Crippen LogP contribution in [0, 0.1) is 0 Å². The first kappa shape index (κ1) is 32.2. The van der Waals surface area contributed by atoms with Crippen molar-refractivity contribution in [2.75, 3.05) is 0 Å². The maximum atomic E-state index is 6.65. The third-order valence-corrected chi connectivity index (χ3v) is 11.8. The number of thiophene rings is 1. The highest BCUT2D eigenvalue weighted by Crippen LogP contribution is 2.46. The Bertz CT molecular complexity index is 3230. The van der Waals surface area contributed by atoms with Crippen LogP contribution in [0.4, 0.5) is 0 Å². The number of rotatable bonds is 6. The predicted octanol–water partition coefficient (Wildman–Crippen LogP) is 14.1. The Kier molecular flexibility index (Phi) is 7.64. The minimum Gasteiger partial charge on any atom is -0.456 e. The summed E-state index contributed by atoms with van der Waals surface area (Å²) in [4.78, 5) is 15.5. The van der Waals surface area contributed by atoms with Crippen LogP contribution in [-0.4, -0.2) is 15.0 Å². The Balaban J connectivity index is 1.15. The number of fused-ring (bicyclic) bond motifs is 6. The van der Waals surface area contributed by atoms with Gasteiger partial charge in [-0.1, -0.05) is 164 Å². The van der Waals surface area contributed by atoms with Gasteiger partial charge in [-0.05, 0) is 57.6 Å². The monoisotopic (exact) mass is 733 g/mol. The van der Waals surface area contributed by atoms with Gasteiger partial charge in [0.05, 0.1) is 0 Å². The molecule has 4 nitrogen and oxygen atoms in total. The van der Waals surface area contributed by atoms with Gasteiger partial charge >= 0.3 is 0 Å². The molecule has 0 aliphatic heterocycles. The molecule has 3 aromatic heterocycles. The van der Waals surface area contributed by atoms with Gasteiger partial charge < -0.3 is 4.42 Å². The number of hydrogen-bond acceptors (Lipinski definition) is 5. The number of hydrogen-bond donors (Lipinski definition) is 0. The first-order chi connectivity index (χ1) is 27.7. The zero-order chi connectivity index (χ0) is 37.0. The van der Waals surface area contributed by atoms with Gasteiger partial charge in [-0.3, -0.25) is 0 Å². The average Bonchev–Trinajstić information content (AvgIpc) is 3.86. The molecule has 0 fully saturated rings. The molecule has 0 unspecified atom stereocenters. The highest BCUT2D eigenvalue weighted by molar-refractivity contribution is 7.26. The predicted molar refractivity (Wildman–Crippen MR) is 233 cm³/mol. The van der Waals surface area contributed by atoms with E-state index in [4.69, 9.17) is 19.4 Å². The zero-order valence-corrected chi connectivity index (χ0v) is 30.9. The van der Waals surface area contributed by atoms with Gasteiger partial charge in [0.2, 0.25) is 0 Å². The molecule has 11 rings (SSSR count). The molecule has 0 saturated heterocycles. The second kappa shape index (κ2) is 13.3. The van der Waals surface area contributed by atoms with Crippen LogP contribution in [0.25, 0.3) is 110 Å². The summed E-state index contributed by atoms with van der Waals surface area (Å²) in [7, 11) is 0. The number of nitrogens with zero attached hydrogens (tertiary/aromatic N) is 3. The van der Waals surface area contributed by atoms with Crippen molar-refractivity contribution < 1.29 is 4.42 Å². The van der Waals surface area contributed by atoms with Crippen molar-refractivity contribution in [3.8, 4) is 67.5 Å². The average molecular weight is 734 g/mol. The SMILES string of the molecule is c1ccc(-c2ccc(-c3nc(-c4ccccc4)nc(-c4cc(-c5cccc6sc7c(-c8ccccc8)cccc7c56)cc5oc6ccccc6c45)n3)cc2)cc1. The van der Waals surface area contributed by atoms with Gasteiger partial charge in [-0.25, -0.2) is 15.0 Å². The van der Waals surface area contributed by atoms with Crippen LogP contribution in [0.15, 0.2) is 192 Å². The van der Waals surface area contributed by atoms with Crippen molar-refractivity contribution in [3.63, 3.8) is 0 Å². The van der Waals surface area contributed by atoms with Crippen molar-refractivity contribution in [1.82, 2.24) is 15.0 Å². The van der Waals surface area contributed by atoms with Gasteiger partial charge in [0, 0.05) is 47.6 Å². The van der Waals surface area contributed by atoms with E-state index in [1.165, 1.54) is 31.3 Å². The molecular weight excluding hydrogens is 703 g/mol. The molecule has 0 atom stereocenters. The van der Waals surface area contributed by atoms with E-state index in [0.717, 1.165) is 60.9 Å². The van der Waals surface area contributed by atoms with E-state index in [-0.39, 0.29) is 0 Å². The van der Waals surface area contributed by atoms with Crippen molar-refractivity contribution >= 4 is 53.4 Å². The Hall–Kier alpha value is -7.21. The first-order valence-corrected chi connectivity index (χ1v) is 19.5. The summed E-state index contributed by atoms with van der Waals surface area (Å²) in [6.45, 7) is 0.